The first-order valence-electron chi connectivity index (χ1n) is 12.5. The number of carbonyl (C=O) groups is 1. The van der Waals surface area contributed by atoms with E-state index in [0.717, 1.165) is 33.1 Å². The van der Waals surface area contributed by atoms with E-state index >= 15 is 0 Å². The molecule has 1 aromatic heterocycles. The molecule has 0 bridgehead atoms. The maximum Gasteiger partial charge on any atom is 0.162 e. The lowest BCUT2D eigenvalue weighted by atomic mass is 9.68. The van der Waals surface area contributed by atoms with Crippen LogP contribution in [0.2, 0.25) is 10.0 Å². The smallest absolute Gasteiger partial charge is 0.162 e. The molecule has 0 spiro atoms. The summed E-state index contributed by atoms with van der Waals surface area (Å²) in [7, 11) is 2.05. The van der Waals surface area contributed by atoms with E-state index in [2.05, 4.69) is 48.7 Å². The number of aryl methyl sites for hydroxylation is 1. The topological polar surface area (TPSA) is 75.0 Å². The molecular formula is C31H26Cl2N4O. The molecule has 1 aliphatic heterocycles. The molecule has 0 amide bonds. The Hall–Kier alpha value is -3.72. The highest BCUT2D eigenvalue weighted by atomic mass is 35.5. The molecule has 1 atom stereocenters. The van der Waals surface area contributed by atoms with Crippen LogP contribution in [-0.4, -0.2) is 10.4 Å². The standard InChI is InChI=1S/C31H26Cl2N4O/c1-31(2)14-26-29(27(38)15-31)28(23(16-34)30(35)37(26)20-12-18(32)11-19(33)13-20)17-8-9-25-22(10-17)21-6-4-5-7-24(21)36(25)3/h4-13,28H,14-15,35H2,1-3H3. The van der Waals surface area contributed by atoms with E-state index < -0.39 is 5.92 Å². The van der Waals surface area contributed by atoms with E-state index in [9.17, 15) is 10.1 Å². The Morgan fingerprint density at radius 2 is 1.66 bits per heavy atom. The van der Waals surface area contributed by atoms with Crippen molar-refractivity contribution in [2.45, 2.75) is 32.6 Å². The van der Waals surface area contributed by atoms with Crippen molar-refractivity contribution in [2.75, 3.05) is 4.90 Å². The van der Waals surface area contributed by atoms with Gasteiger partial charge < -0.3 is 10.3 Å². The quantitative estimate of drug-likeness (QED) is 0.284. The zero-order valence-corrected chi connectivity index (χ0v) is 22.9. The van der Waals surface area contributed by atoms with Crippen molar-refractivity contribution in [2.24, 2.45) is 18.2 Å². The van der Waals surface area contributed by atoms with Crippen LogP contribution in [-0.2, 0) is 11.8 Å². The number of anilines is 1. The highest BCUT2D eigenvalue weighted by Crippen LogP contribution is 2.51. The largest absolute Gasteiger partial charge is 0.384 e. The number of fused-ring (bicyclic) bond motifs is 3. The monoisotopic (exact) mass is 540 g/mol. The fourth-order valence-corrected chi connectivity index (χ4v) is 6.69. The summed E-state index contributed by atoms with van der Waals surface area (Å²) < 4.78 is 2.16. The van der Waals surface area contributed by atoms with Gasteiger partial charge >= 0.3 is 0 Å². The van der Waals surface area contributed by atoms with E-state index in [1.165, 1.54) is 0 Å². The maximum atomic E-state index is 13.9. The second-order valence-corrected chi connectivity index (χ2v) is 11.8. The number of aromatic nitrogens is 1. The molecule has 2 aliphatic rings. The molecule has 3 aromatic carbocycles. The van der Waals surface area contributed by atoms with Crippen molar-refractivity contribution < 1.29 is 4.79 Å². The summed E-state index contributed by atoms with van der Waals surface area (Å²) in [6, 6.07) is 21.9. The SMILES string of the molecule is Cn1c2ccccc2c2cc(C3C(C#N)=C(N)N(c4cc(Cl)cc(Cl)c4)C4=C3C(=O)CC(C)(C)C4)ccc21. The number of halogens is 2. The molecule has 2 N–H and O–H groups in total. The Morgan fingerprint density at radius 3 is 2.37 bits per heavy atom. The molecular weight excluding hydrogens is 515 g/mol. The third-order valence-corrected chi connectivity index (χ3v) is 8.19. The van der Waals surface area contributed by atoms with Crippen molar-refractivity contribution in [1.82, 2.24) is 4.57 Å². The highest BCUT2D eigenvalue weighted by molar-refractivity contribution is 6.35. The first kappa shape index (κ1) is 24.6. The number of hydrogen-bond acceptors (Lipinski definition) is 4. The summed E-state index contributed by atoms with van der Waals surface area (Å²) in [6.07, 6.45) is 1.01. The van der Waals surface area contributed by atoms with Crippen LogP contribution in [0.4, 0.5) is 5.69 Å². The van der Waals surface area contributed by atoms with Gasteiger partial charge in [-0.25, -0.2) is 0 Å². The van der Waals surface area contributed by atoms with Gasteiger partial charge in [0, 0.05) is 56.6 Å². The maximum absolute atomic E-state index is 13.9. The van der Waals surface area contributed by atoms with Crippen molar-refractivity contribution in [3.8, 4) is 6.07 Å². The van der Waals surface area contributed by atoms with Gasteiger partial charge in [-0.3, -0.25) is 9.69 Å². The summed E-state index contributed by atoms with van der Waals surface area (Å²) in [5.41, 5.74) is 12.0. The third kappa shape index (κ3) is 3.71. The Kier molecular flexibility index (Phi) is 5.61. The van der Waals surface area contributed by atoms with E-state index in [4.69, 9.17) is 28.9 Å². The predicted octanol–water partition coefficient (Wildman–Crippen LogP) is 7.58. The number of ketones is 1. The van der Waals surface area contributed by atoms with Crippen molar-refractivity contribution >= 4 is 56.5 Å². The molecule has 4 aromatic rings. The van der Waals surface area contributed by atoms with Crippen LogP contribution in [0.15, 0.2) is 83.3 Å². The van der Waals surface area contributed by atoms with Crippen LogP contribution in [0.5, 0.6) is 0 Å². The third-order valence-electron chi connectivity index (χ3n) is 7.76. The Bertz CT molecular complexity index is 1770. The van der Waals surface area contributed by atoms with Crippen molar-refractivity contribution in [1.29, 1.82) is 5.26 Å². The number of carbonyl (C=O) groups excluding carboxylic acids is 1. The number of nitrogens with zero attached hydrogens (tertiary/aromatic N) is 3. The van der Waals surface area contributed by atoms with Gasteiger partial charge in [0.1, 0.15) is 5.82 Å². The molecule has 6 rings (SSSR count). The molecule has 190 valence electrons. The van der Waals surface area contributed by atoms with Gasteiger partial charge in [0.15, 0.2) is 5.78 Å². The lowest BCUT2D eigenvalue weighted by Gasteiger charge is -2.43. The molecule has 1 unspecified atom stereocenters. The minimum absolute atomic E-state index is 0.0256. The molecule has 0 radical (unpaired) electrons. The fourth-order valence-electron chi connectivity index (χ4n) is 6.17. The Morgan fingerprint density at radius 1 is 0.974 bits per heavy atom. The molecule has 1 aliphatic carbocycles. The summed E-state index contributed by atoms with van der Waals surface area (Å²) >= 11 is 12.7. The summed E-state index contributed by atoms with van der Waals surface area (Å²) in [6.45, 7) is 4.16. The van der Waals surface area contributed by atoms with Crippen LogP contribution in [0.25, 0.3) is 21.8 Å². The Labute approximate surface area is 231 Å². The number of benzene rings is 3. The zero-order chi connectivity index (χ0) is 26.9. The summed E-state index contributed by atoms with van der Waals surface area (Å²) in [5, 5.41) is 13.5. The van der Waals surface area contributed by atoms with E-state index in [-0.39, 0.29) is 17.0 Å². The molecule has 38 heavy (non-hydrogen) atoms. The van der Waals surface area contributed by atoms with Gasteiger partial charge in [0.25, 0.3) is 0 Å². The summed E-state index contributed by atoms with van der Waals surface area (Å²) in [5.74, 6) is -0.247. The van der Waals surface area contributed by atoms with E-state index in [1.54, 1.807) is 23.1 Å². The van der Waals surface area contributed by atoms with Gasteiger partial charge in [0.2, 0.25) is 0 Å². The molecule has 0 saturated carbocycles. The van der Waals surface area contributed by atoms with E-state index in [1.807, 2.05) is 25.2 Å². The number of Topliss-reactive ketones (excluding diaryl/α,β-unsaturated/α-hetero) is 1. The number of nitriles is 1. The molecule has 0 saturated heterocycles. The first-order chi connectivity index (χ1) is 18.1. The lowest BCUT2D eigenvalue weighted by molar-refractivity contribution is -0.118. The number of rotatable bonds is 2. The van der Waals surface area contributed by atoms with Crippen LogP contribution in [0.1, 0.15) is 38.2 Å². The van der Waals surface area contributed by atoms with Gasteiger partial charge in [0.05, 0.1) is 23.2 Å². The van der Waals surface area contributed by atoms with Gasteiger partial charge in [-0.1, -0.05) is 61.3 Å². The molecule has 5 nitrogen and oxygen atoms in total. The number of para-hydroxylation sites is 1. The number of allylic oxidation sites excluding steroid dienone is 3. The van der Waals surface area contributed by atoms with Gasteiger partial charge in [-0.15, -0.1) is 0 Å². The van der Waals surface area contributed by atoms with Gasteiger partial charge in [-0.05, 0) is 53.8 Å². The normalized spacial score (nSPS) is 19.3. The number of nitrogens with two attached hydrogens (primary N) is 1. The Balaban J connectivity index is 1.63. The molecule has 0 fully saturated rings. The minimum atomic E-state index is -0.562. The molecule has 7 heteroatoms. The highest BCUT2D eigenvalue weighted by Gasteiger charge is 2.44. The van der Waals surface area contributed by atoms with Crippen LogP contribution >= 0.6 is 23.2 Å². The first-order valence-corrected chi connectivity index (χ1v) is 13.2. The van der Waals surface area contributed by atoms with Crippen LogP contribution in [0.3, 0.4) is 0 Å². The lowest BCUT2D eigenvalue weighted by Crippen LogP contribution is -2.42. The average Bonchev–Trinajstić information content (AvgIpc) is 3.13. The van der Waals surface area contributed by atoms with Crippen LogP contribution in [0, 0.1) is 16.7 Å². The van der Waals surface area contributed by atoms with Crippen molar-refractivity contribution in [3.05, 3.63) is 98.9 Å². The van der Waals surface area contributed by atoms with Gasteiger partial charge in [-0.2, -0.15) is 5.26 Å². The number of hydrogen-bond donors (Lipinski definition) is 1. The zero-order valence-electron chi connectivity index (χ0n) is 21.3. The molecule has 2 heterocycles. The minimum Gasteiger partial charge on any atom is -0.384 e. The fraction of sp³-hybridized carbons (Fsp3) is 0.226. The van der Waals surface area contributed by atoms with E-state index in [0.29, 0.717) is 39.7 Å². The summed E-state index contributed by atoms with van der Waals surface area (Å²) in [4.78, 5) is 15.7. The van der Waals surface area contributed by atoms with Crippen LogP contribution < -0.4 is 10.6 Å². The van der Waals surface area contributed by atoms with Crippen molar-refractivity contribution in [3.63, 3.8) is 0 Å². The predicted molar refractivity (Wildman–Crippen MR) is 154 cm³/mol. The second kappa shape index (κ2) is 8.66. The average molecular weight is 541 g/mol. The second-order valence-electron chi connectivity index (χ2n) is 11.0.